The maximum atomic E-state index is 12.2. The molecule has 0 aromatic heterocycles. The van der Waals surface area contributed by atoms with Crippen LogP contribution in [0.1, 0.15) is 31.2 Å². The lowest BCUT2D eigenvalue weighted by Crippen LogP contribution is -2.39. The summed E-state index contributed by atoms with van der Waals surface area (Å²) in [6.45, 7) is 1.99. The van der Waals surface area contributed by atoms with Gasteiger partial charge in [0, 0.05) is 23.1 Å². The first-order valence-corrected chi connectivity index (χ1v) is 10.6. The maximum Gasteiger partial charge on any atom is 0.234 e. The van der Waals surface area contributed by atoms with Gasteiger partial charge in [-0.1, -0.05) is 34.1 Å². The van der Waals surface area contributed by atoms with Gasteiger partial charge in [-0.3, -0.25) is 14.5 Å². The summed E-state index contributed by atoms with van der Waals surface area (Å²) in [5.41, 5.74) is 7.30. The number of carbonyl (C=O) groups is 2. The third-order valence-electron chi connectivity index (χ3n) is 4.90. The van der Waals surface area contributed by atoms with Crippen LogP contribution in [-0.2, 0) is 16.1 Å². The Morgan fingerprint density at radius 2 is 2.03 bits per heavy atom. The Balaban J connectivity index is 1.44. The molecule has 0 aliphatic carbocycles. The zero-order valence-corrected chi connectivity index (χ0v) is 17.9. The summed E-state index contributed by atoms with van der Waals surface area (Å²) in [5, 5.41) is 2.94. The first-order valence-electron chi connectivity index (χ1n) is 9.82. The van der Waals surface area contributed by atoms with E-state index in [0.717, 1.165) is 40.9 Å². The zero-order valence-electron chi connectivity index (χ0n) is 16.3. The summed E-state index contributed by atoms with van der Waals surface area (Å²) in [6, 6.07) is 15.2. The molecule has 1 unspecified atom stereocenters. The number of benzene rings is 2. The number of nitrogens with two attached hydrogens (primary N) is 1. The Kier molecular flexibility index (Phi) is 7.66. The summed E-state index contributed by atoms with van der Waals surface area (Å²) in [4.78, 5) is 25.9. The Morgan fingerprint density at radius 3 is 2.83 bits per heavy atom. The number of ether oxygens (including phenoxy) is 1. The number of hydrogen-bond acceptors (Lipinski definition) is 4. The molecular formula is C22H26BrN3O3. The number of anilines is 1. The molecule has 3 N–H and O–H groups in total. The van der Waals surface area contributed by atoms with Crippen LogP contribution in [0.25, 0.3) is 0 Å². The van der Waals surface area contributed by atoms with E-state index >= 15 is 0 Å². The molecule has 1 aliphatic heterocycles. The molecule has 2 aromatic carbocycles. The Hall–Kier alpha value is -2.38. The van der Waals surface area contributed by atoms with Gasteiger partial charge in [-0.2, -0.15) is 0 Å². The molecule has 0 radical (unpaired) electrons. The van der Waals surface area contributed by atoms with Crippen molar-refractivity contribution in [3.63, 3.8) is 0 Å². The summed E-state index contributed by atoms with van der Waals surface area (Å²) in [6.07, 6.45) is 2.81. The van der Waals surface area contributed by atoms with E-state index < -0.39 is 0 Å². The maximum absolute atomic E-state index is 12.2. The Bertz CT molecular complexity index is 859. The Morgan fingerprint density at radius 1 is 1.21 bits per heavy atom. The van der Waals surface area contributed by atoms with Crippen LogP contribution in [-0.4, -0.2) is 35.9 Å². The minimum atomic E-state index is -0.267. The van der Waals surface area contributed by atoms with E-state index in [9.17, 15) is 9.59 Å². The van der Waals surface area contributed by atoms with Crippen molar-refractivity contribution in [2.45, 2.75) is 38.3 Å². The van der Waals surface area contributed by atoms with Gasteiger partial charge in [-0.15, -0.1) is 0 Å². The average Bonchev–Trinajstić information content (AvgIpc) is 3.14. The molecular weight excluding hydrogens is 434 g/mol. The molecule has 1 heterocycles. The molecule has 2 amide bonds. The van der Waals surface area contributed by atoms with Crippen molar-refractivity contribution >= 4 is 33.4 Å². The molecule has 1 fully saturated rings. The summed E-state index contributed by atoms with van der Waals surface area (Å²) in [5.74, 6) is 0.469. The van der Waals surface area contributed by atoms with Crippen LogP contribution in [0.3, 0.4) is 0 Å². The number of halogens is 1. The normalized spacial score (nSPS) is 16.5. The molecule has 7 heteroatoms. The van der Waals surface area contributed by atoms with Crippen molar-refractivity contribution in [3.8, 4) is 5.75 Å². The standard InChI is InChI=1S/C22H26BrN3O3/c23-17-6-2-8-19(14-17)29-12-4-10-21(27)25-18-7-1-5-16(13-18)15-26-11-3-9-20(26)22(24)28/h1-2,5-8,13-14,20H,3-4,9-12,15H2,(H2,24,28)(H,25,27). The van der Waals surface area contributed by atoms with Crippen LogP contribution in [0.5, 0.6) is 5.75 Å². The minimum Gasteiger partial charge on any atom is -0.494 e. The molecule has 0 spiro atoms. The number of carbonyl (C=O) groups excluding carboxylic acids is 2. The number of nitrogens with zero attached hydrogens (tertiary/aromatic N) is 1. The molecule has 29 heavy (non-hydrogen) atoms. The zero-order chi connectivity index (χ0) is 20.6. The topological polar surface area (TPSA) is 84.7 Å². The number of amides is 2. The van der Waals surface area contributed by atoms with Crippen LogP contribution in [0.15, 0.2) is 53.0 Å². The van der Waals surface area contributed by atoms with E-state index in [1.807, 2.05) is 48.5 Å². The molecule has 0 saturated carbocycles. The lowest BCUT2D eigenvalue weighted by atomic mass is 10.1. The van der Waals surface area contributed by atoms with E-state index in [2.05, 4.69) is 26.1 Å². The SMILES string of the molecule is NC(=O)C1CCCN1Cc1cccc(NC(=O)CCCOc2cccc(Br)c2)c1. The summed E-state index contributed by atoms with van der Waals surface area (Å²) >= 11 is 3.40. The van der Waals surface area contributed by atoms with E-state index in [-0.39, 0.29) is 17.9 Å². The third kappa shape index (κ3) is 6.58. The first-order chi connectivity index (χ1) is 14.0. The van der Waals surface area contributed by atoms with Crippen LogP contribution in [0, 0.1) is 0 Å². The minimum absolute atomic E-state index is 0.0452. The quantitative estimate of drug-likeness (QED) is 0.559. The van der Waals surface area contributed by atoms with Gasteiger partial charge in [0.05, 0.1) is 12.6 Å². The highest BCUT2D eigenvalue weighted by Crippen LogP contribution is 2.21. The fraction of sp³-hybridized carbons (Fsp3) is 0.364. The molecule has 1 atom stereocenters. The van der Waals surface area contributed by atoms with Crippen molar-refractivity contribution in [1.82, 2.24) is 4.90 Å². The summed E-state index contributed by atoms with van der Waals surface area (Å²) in [7, 11) is 0. The highest BCUT2D eigenvalue weighted by Gasteiger charge is 2.28. The van der Waals surface area contributed by atoms with Crippen molar-refractivity contribution in [3.05, 3.63) is 58.6 Å². The summed E-state index contributed by atoms with van der Waals surface area (Å²) < 4.78 is 6.62. The largest absolute Gasteiger partial charge is 0.494 e. The molecule has 154 valence electrons. The van der Waals surface area contributed by atoms with Gasteiger partial charge in [0.15, 0.2) is 0 Å². The van der Waals surface area contributed by atoms with E-state index in [1.165, 1.54) is 0 Å². The van der Waals surface area contributed by atoms with Gasteiger partial charge < -0.3 is 15.8 Å². The predicted octanol–water partition coefficient (Wildman–Crippen LogP) is 3.70. The number of hydrogen-bond donors (Lipinski definition) is 2. The fourth-order valence-corrected chi connectivity index (χ4v) is 3.90. The third-order valence-corrected chi connectivity index (χ3v) is 5.39. The molecule has 0 bridgehead atoms. The monoisotopic (exact) mass is 459 g/mol. The highest BCUT2D eigenvalue weighted by molar-refractivity contribution is 9.10. The van der Waals surface area contributed by atoms with Gasteiger partial charge in [0.2, 0.25) is 11.8 Å². The predicted molar refractivity (Wildman–Crippen MR) is 117 cm³/mol. The number of likely N-dealkylation sites (tertiary alicyclic amines) is 1. The smallest absolute Gasteiger partial charge is 0.234 e. The van der Waals surface area contributed by atoms with Crippen molar-refractivity contribution < 1.29 is 14.3 Å². The lowest BCUT2D eigenvalue weighted by molar-refractivity contribution is -0.122. The second-order valence-electron chi connectivity index (χ2n) is 7.19. The second-order valence-corrected chi connectivity index (χ2v) is 8.10. The van der Waals surface area contributed by atoms with Gasteiger partial charge in [-0.05, 0) is 61.7 Å². The highest BCUT2D eigenvalue weighted by atomic mass is 79.9. The van der Waals surface area contributed by atoms with Crippen molar-refractivity contribution in [1.29, 1.82) is 0 Å². The van der Waals surface area contributed by atoms with Crippen LogP contribution in [0.4, 0.5) is 5.69 Å². The van der Waals surface area contributed by atoms with E-state index in [4.69, 9.17) is 10.5 Å². The molecule has 1 aliphatic rings. The number of rotatable bonds is 9. The van der Waals surface area contributed by atoms with Crippen LogP contribution in [0.2, 0.25) is 0 Å². The van der Waals surface area contributed by atoms with Crippen LogP contribution >= 0.6 is 15.9 Å². The average molecular weight is 460 g/mol. The van der Waals surface area contributed by atoms with Gasteiger partial charge >= 0.3 is 0 Å². The van der Waals surface area contributed by atoms with Crippen molar-refractivity contribution in [2.75, 3.05) is 18.5 Å². The molecule has 1 saturated heterocycles. The van der Waals surface area contributed by atoms with E-state index in [0.29, 0.717) is 26.0 Å². The fourth-order valence-electron chi connectivity index (χ4n) is 3.52. The lowest BCUT2D eigenvalue weighted by Gasteiger charge is -2.22. The molecule has 2 aromatic rings. The van der Waals surface area contributed by atoms with Gasteiger partial charge in [0.1, 0.15) is 5.75 Å². The Labute approximate surface area is 179 Å². The van der Waals surface area contributed by atoms with Gasteiger partial charge in [0.25, 0.3) is 0 Å². The number of primary amides is 1. The second kappa shape index (κ2) is 10.4. The molecule has 6 nitrogen and oxygen atoms in total. The van der Waals surface area contributed by atoms with Gasteiger partial charge in [-0.25, -0.2) is 0 Å². The van der Waals surface area contributed by atoms with Crippen LogP contribution < -0.4 is 15.8 Å². The number of nitrogens with one attached hydrogen (secondary N) is 1. The van der Waals surface area contributed by atoms with E-state index in [1.54, 1.807) is 0 Å². The molecule has 3 rings (SSSR count). The first kappa shape index (κ1) is 21.3. The van der Waals surface area contributed by atoms with Crippen molar-refractivity contribution in [2.24, 2.45) is 5.73 Å².